The van der Waals surface area contributed by atoms with Crippen molar-refractivity contribution in [3.8, 4) is 0 Å². The van der Waals surface area contributed by atoms with E-state index in [4.69, 9.17) is 0 Å². The monoisotopic (exact) mass is 153 g/mol. The van der Waals surface area contributed by atoms with Crippen molar-refractivity contribution in [1.82, 2.24) is 15.1 Å². The maximum atomic E-state index is 11.1. The average molecular weight is 153 g/mol. The van der Waals surface area contributed by atoms with Crippen LogP contribution in [0.4, 0.5) is 0 Å². The van der Waals surface area contributed by atoms with Gasteiger partial charge in [0.2, 0.25) is 5.91 Å². The number of likely N-dealkylation sites (N-methyl/N-ethyl adjacent to an activating group) is 1. The van der Waals surface area contributed by atoms with Crippen LogP contribution in [0.25, 0.3) is 0 Å². The number of H-pyrrole nitrogens is 1. The van der Waals surface area contributed by atoms with Crippen LogP contribution in [-0.4, -0.2) is 35.1 Å². The van der Waals surface area contributed by atoms with Gasteiger partial charge >= 0.3 is 0 Å². The summed E-state index contributed by atoms with van der Waals surface area (Å²) in [5.41, 5.74) is 0.920. The Labute approximate surface area is 65.2 Å². The molecule has 1 heterocycles. The van der Waals surface area contributed by atoms with E-state index in [9.17, 15) is 4.79 Å². The number of hydrogen-bond donors (Lipinski definition) is 1. The molecular weight excluding hydrogens is 142 g/mol. The van der Waals surface area contributed by atoms with Crippen LogP contribution in [0.5, 0.6) is 0 Å². The summed E-state index contributed by atoms with van der Waals surface area (Å²) < 4.78 is 0. The second kappa shape index (κ2) is 3.18. The zero-order chi connectivity index (χ0) is 8.27. The lowest BCUT2D eigenvalue weighted by Crippen LogP contribution is -2.23. The predicted octanol–water partition coefficient (Wildman–Crippen LogP) is 0.0404. The highest BCUT2D eigenvalue weighted by molar-refractivity contribution is 5.77. The summed E-state index contributed by atoms with van der Waals surface area (Å²) in [6.07, 6.45) is 3.80. The summed E-state index contributed by atoms with van der Waals surface area (Å²) in [7, 11) is 3.48. The number of aromatic nitrogens is 2. The molecule has 1 rings (SSSR count). The smallest absolute Gasteiger partial charge is 0.226 e. The second-order valence-corrected chi connectivity index (χ2v) is 2.57. The molecule has 0 aromatic carbocycles. The minimum atomic E-state index is 0.0893. The van der Waals surface area contributed by atoms with Gasteiger partial charge in [0.15, 0.2) is 0 Å². The molecular formula is C7H11N3O. The van der Waals surface area contributed by atoms with Crippen LogP contribution in [0, 0.1) is 0 Å². The lowest BCUT2D eigenvalue weighted by atomic mass is 10.2. The fraction of sp³-hybridized carbons (Fsp3) is 0.429. The zero-order valence-corrected chi connectivity index (χ0v) is 6.66. The Morgan fingerprint density at radius 1 is 1.73 bits per heavy atom. The molecule has 11 heavy (non-hydrogen) atoms. The molecule has 4 heteroatoms. The van der Waals surface area contributed by atoms with Crippen LogP contribution in [0.3, 0.4) is 0 Å². The van der Waals surface area contributed by atoms with Crippen molar-refractivity contribution in [2.45, 2.75) is 6.42 Å². The summed E-state index contributed by atoms with van der Waals surface area (Å²) >= 11 is 0. The highest BCUT2D eigenvalue weighted by atomic mass is 16.2. The molecule has 1 amide bonds. The largest absolute Gasteiger partial charge is 0.349 e. The third-order valence-electron chi connectivity index (χ3n) is 1.41. The molecule has 0 aliphatic carbocycles. The first-order chi connectivity index (χ1) is 5.20. The molecule has 0 aliphatic heterocycles. The Bertz CT molecular complexity index is 228. The lowest BCUT2D eigenvalue weighted by molar-refractivity contribution is -0.127. The Morgan fingerprint density at radius 3 is 2.91 bits per heavy atom. The Hall–Kier alpha value is -1.32. The Morgan fingerprint density at radius 2 is 2.45 bits per heavy atom. The van der Waals surface area contributed by atoms with E-state index < -0.39 is 0 Å². The fourth-order valence-electron chi connectivity index (χ4n) is 0.707. The molecule has 60 valence electrons. The van der Waals surface area contributed by atoms with Crippen LogP contribution in [-0.2, 0) is 11.2 Å². The molecule has 0 aliphatic rings. The van der Waals surface area contributed by atoms with Gasteiger partial charge in [0.05, 0.1) is 12.6 Å². The number of carbonyl (C=O) groups is 1. The molecule has 4 nitrogen and oxygen atoms in total. The number of carbonyl (C=O) groups excluding carboxylic acids is 1. The topological polar surface area (TPSA) is 49.0 Å². The van der Waals surface area contributed by atoms with Gasteiger partial charge in [-0.2, -0.15) is 5.10 Å². The maximum Gasteiger partial charge on any atom is 0.226 e. The molecule has 0 unspecified atom stereocenters. The van der Waals surface area contributed by atoms with E-state index in [1.54, 1.807) is 31.4 Å². The Balaban J connectivity index is 2.50. The first-order valence-electron chi connectivity index (χ1n) is 3.38. The normalized spacial score (nSPS) is 9.64. The van der Waals surface area contributed by atoms with E-state index in [1.165, 1.54) is 0 Å². The average Bonchev–Trinajstić information content (AvgIpc) is 2.39. The van der Waals surface area contributed by atoms with E-state index in [-0.39, 0.29) is 5.91 Å². The number of nitrogens with one attached hydrogen (secondary N) is 1. The SMILES string of the molecule is CN(C)C(=O)Cc1cn[nH]c1. The summed E-state index contributed by atoms with van der Waals surface area (Å²) in [5, 5.41) is 6.39. The zero-order valence-electron chi connectivity index (χ0n) is 6.66. The van der Waals surface area contributed by atoms with Crippen molar-refractivity contribution in [2.24, 2.45) is 0 Å². The molecule has 0 radical (unpaired) electrons. The van der Waals surface area contributed by atoms with Crippen LogP contribution < -0.4 is 0 Å². The van der Waals surface area contributed by atoms with Crippen molar-refractivity contribution in [2.75, 3.05) is 14.1 Å². The molecule has 0 spiro atoms. The van der Waals surface area contributed by atoms with Crippen LogP contribution in [0.1, 0.15) is 5.56 Å². The number of amides is 1. The molecule has 0 bridgehead atoms. The van der Waals surface area contributed by atoms with Gasteiger partial charge in [0.1, 0.15) is 0 Å². The Kier molecular flexibility index (Phi) is 2.25. The van der Waals surface area contributed by atoms with Crippen molar-refractivity contribution in [3.05, 3.63) is 18.0 Å². The van der Waals surface area contributed by atoms with Crippen molar-refractivity contribution in [3.63, 3.8) is 0 Å². The standard InChI is InChI=1S/C7H11N3O/c1-10(2)7(11)3-6-4-8-9-5-6/h4-5H,3H2,1-2H3,(H,8,9). The number of nitrogens with zero attached hydrogens (tertiary/aromatic N) is 2. The molecule has 0 atom stereocenters. The molecule has 1 aromatic rings. The minimum Gasteiger partial charge on any atom is -0.349 e. The van der Waals surface area contributed by atoms with E-state index in [0.29, 0.717) is 6.42 Å². The van der Waals surface area contributed by atoms with E-state index in [2.05, 4.69) is 10.2 Å². The summed E-state index contributed by atoms with van der Waals surface area (Å²) in [5.74, 6) is 0.0893. The van der Waals surface area contributed by atoms with Gasteiger partial charge in [0.25, 0.3) is 0 Å². The third-order valence-corrected chi connectivity index (χ3v) is 1.41. The van der Waals surface area contributed by atoms with Gasteiger partial charge < -0.3 is 4.90 Å². The van der Waals surface area contributed by atoms with Crippen LogP contribution >= 0.6 is 0 Å². The number of aromatic amines is 1. The van der Waals surface area contributed by atoms with Crippen LogP contribution in [0.15, 0.2) is 12.4 Å². The van der Waals surface area contributed by atoms with Crippen molar-refractivity contribution in [1.29, 1.82) is 0 Å². The molecule has 1 aromatic heterocycles. The molecule has 0 saturated carbocycles. The molecule has 0 saturated heterocycles. The van der Waals surface area contributed by atoms with Gasteiger partial charge in [-0.15, -0.1) is 0 Å². The van der Waals surface area contributed by atoms with Gasteiger partial charge in [-0.05, 0) is 5.56 Å². The fourth-order valence-corrected chi connectivity index (χ4v) is 0.707. The van der Waals surface area contributed by atoms with Gasteiger partial charge in [-0.3, -0.25) is 9.89 Å². The second-order valence-electron chi connectivity index (χ2n) is 2.57. The first-order valence-corrected chi connectivity index (χ1v) is 3.38. The highest BCUT2D eigenvalue weighted by Gasteiger charge is 2.04. The quantitative estimate of drug-likeness (QED) is 0.652. The van der Waals surface area contributed by atoms with Crippen LogP contribution in [0.2, 0.25) is 0 Å². The number of rotatable bonds is 2. The lowest BCUT2D eigenvalue weighted by Gasteiger charge is -2.07. The van der Waals surface area contributed by atoms with Gasteiger partial charge in [0, 0.05) is 20.3 Å². The molecule has 1 N–H and O–H groups in total. The third kappa shape index (κ3) is 2.07. The first kappa shape index (κ1) is 7.78. The van der Waals surface area contributed by atoms with Gasteiger partial charge in [-0.25, -0.2) is 0 Å². The molecule has 0 fully saturated rings. The maximum absolute atomic E-state index is 11.1. The van der Waals surface area contributed by atoms with Crippen molar-refractivity contribution < 1.29 is 4.79 Å². The van der Waals surface area contributed by atoms with E-state index >= 15 is 0 Å². The van der Waals surface area contributed by atoms with E-state index in [0.717, 1.165) is 5.56 Å². The predicted molar refractivity (Wildman–Crippen MR) is 41.0 cm³/mol. The number of hydrogen-bond acceptors (Lipinski definition) is 2. The summed E-state index contributed by atoms with van der Waals surface area (Å²) in [4.78, 5) is 12.7. The van der Waals surface area contributed by atoms with Gasteiger partial charge in [-0.1, -0.05) is 0 Å². The summed E-state index contributed by atoms with van der Waals surface area (Å²) in [6, 6.07) is 0. The summed E-state index contributed by atoms with van der Waals surface area (Å²) in [6.45, 7) is 0. The highest BCUT2D eigenvalue weighted by Crippen LogP contribution is 1.96. The minimum absolute atomic E-state index is 0.0893. The van der Waals surface area contributed by atoms with Crippen molar-refractivity contribution >= 4 is 5.91 Å². The van der Waals surface area contributed by atoms with E-state index in [1.807, 2.05) is 0 Å².